The Morgan fingerprint density at radius 2 is 2.00 bits per heavy atom. The Morgan fingerprint density at radius 3 is 2.62 bits per heavy atom. The molecule has 1 aromatic heterocycles. The third-order valence-corrected chi connectivity index (χ3v) is 5.89. The molecule has 1 aromatic carbocycles. The summed E-state index contributed by atoms with van der Waals surface area (Å²) in [5.41, 5.74) is 2.35. The van der Waals surface area contributed by atoms with Crippen LogP contribution in [-0.2, 0) is 18.4 Å². The molecular formula is C20H26N4O2. The number of aryl methyl sites for hydroxylation is 1. The third-order valence-electron chi connectivity index (χ3n) is 5.89. The number of hydrogen-bond donors (Lipinski definition) is 1. The average molecular weight is 354 g/mol. The molecule has 3 heterocycles. The molecule has 0 aliphatic carbocycles. The van der Waals surface area contributed by atoms with Gasteiger partial charge in [0, 0.05) is 50.8 Å². The zero-order valence-electron chi connectivity index (χ0n) is 15.4. The van der Waals surface area contributed by atoms with E-state index >= 15 is 0 Å². The molecule has 6 nitrogen and oxygen atoms in total. The van der Waals surface area contributed by atoms with Crippen LogP contribution >= 0.6 is 0 Å². The number of nitrogens with zero attached hydrogens (tertiary/aromatic N) is 3. The molecule has 2 aliphatic heterocycles. The number of aromatic nitrogens is 2. The fourth-order valence-electron chi connectivity index (χ4n) is 4.43. The van der Waals surface area contributed by atoms with Crippen molar-refractivity contribution in [2.75, 3.05) is 20.2 Å². The summed E-state index contributed by atoms with van der Waals surface area (Å²) < 4.78 is 7.05. The summed E-state index contributed by atoms with van der Waals surface area (Å²) in [6.07, 6.45) is 6.50. The lowest BCUT2D eigenvalue weighted by atomic mass is 9.75. The summed E-state index contributed by atoms with van der Waals surface area (Å²) in [4.78, 5) is 14.6. The molecule has 2 aliphatic rings. The van der Waals surface area contributed by atoms with E-state index in [-0.39, 0.29) is 17.4 Å². The number of rotatable bonds is 4. The average Bonchev–Trinajstić information content (AvgIpc) is 3.21. The molecule has 1 unspecified atom stereocenters. The van der Waals surface area contributed by atoms with E-state index in [0.29, 0.717) is 6.42 Å². The Morgan fingerprint density at radius 1 is 1.27 bits per heavy atom. The van der Waals surface area contributed by atoms with Crippen molar-refractivity contribution < 1.29 is 9.53 Å². The van der Waals surface area contributed by atoms with E-state index in [4.69, 9.17) is 4.74 Å². The van der Waals surface area contributed by atoms with E-state index in [2.05, 4.69) is 33.6 Å². The smallest absolute Gasteiger partial charge is 0.221 e. The molecule has 1 amide bonds. The van der Waals surface area contributed by atoms with Gasteiger partial charge in [-0.25, -0.2) is 0 Å². The van der Waals surface area contributed by atoms with Crippen LogP contribution in [0.4, 0.5) is 0 Å². The number of carbonyl (C=O) groups excluding carboxylic acids is 1. The molecule has 1 spiro atoms. The van der Waals surface area contributed by atoms with Crippen LogP contribution < -0.4 is 10.1 Å². The molecule has 2 saturated heterocycles. The lowest BCUT2D eigenvalue weighted by Crippen LogP contribution is -2.53. The lowest BCUT2D eigenvalue weighted by molar-refractivity contribution is -0.120. The fourth-order valence-corrected chi connectivity index (χ4v) is 4.43. The Hall–Kier alpha value is -2.34. The molecule has 0 radical (unpaired) electrons. The van der Waals surface area contributed by atoms with Crippen LogP contribution in [0.3, 0.4) is 0 Å². The summed E-state index contributed by atoms with van der Waals surface area (Å²) >= 11 is 0. The van der Waals surface area contributed by atoms with Crippen LogP contribution in [0.15, 0.2) is 36.7 Å². The van der Waals surface area contributed by atoms with Crippen LogP contribution in [0.2, 0.25) is 0 Å². The van der Waals surface area contributed by atoms with E-state index in [9.17, 15) is 4.79 Å². The van der Waals surface area contributed by atoms with Gasteiger partial charge in [0.15, 0.2) is 0 Å². The van der Waals surface area contributed by atoms with Gasteiger partial charge >= 0.3 is 0 Å². The predicted molar refractivity (Wildman–Crippen MR) is 98.9 cm³/mol. The Bertz CT molecular complexity index is 775. The van der Waals surface area contributed by atoms with Crippen molar-refractivity contribution in [1.82, 2.24) is 20.0 Å². The molecule has 1 N–H and O–H groups in total. The van der Waals surface area contributed by atoms with Crippen molar-refractivity contribution in [2.24, 2.45) is 7.05 Å². The van der Waals surface area contributed by atoms with Gasteiger partial charge in [-0.15, -0.1) is 0 Å². The van der Waals surface area contributed by atoms with Gasteiger partial charge in [-0.2, -0.15) is 5.10 Å². The number of piperidine rings is 1. The Labute approximate surface area is 154 Å². The number of hydrogen-bond acceptors (Lipinski definition) is 4. The van der Waals surface area contributed by atoms with Crippen molar-refractivity contribution in [1.29, 1.82) is 0 Å². The van der Waals surface area contributed by atoms with Gasteiger partial charge in [0.05, 0.1) is 13.3 Å². The Kier molecular flexibility index (Phi) is 4.44. The largest absolute Gasteiger partial charge is 0.497 e. The van der Waals surface area contributed by atoms with Crippen LogP contribution in [0.5, 0.6) is 5.75 Å². The highest BCUT2D eigenvalue weighted by atomic mass is 16.5. The van der Waals surface area contributed by atoms with E-state index in [1.165, 1.54) is 11.1 Å². The summed E-state index contributed by atoms with van der Waals surface area (Å²) in [5, 5.41) is 7.61. The SMILES string of the molecule is COc1ccc(CN2CCC3(CC2)NC(=O)CC3c2cnn(C)c2)cc1. The number of ether oxygens (including phenoxy) is 1. The van der Waals surface area contributed by atoms with E-state index in [1.54, 1.807) is 7.11 Å². The minimum Gasteiger partial charge on any atom is -0.497 e. The van der Waals surface area contributed by atoms with Crippen molar-refractivity contribution in [2.45, 2.75) is 37.3 Å². The molecule has 26 heavy (non-hydrogen) atoms. The van der Waals surface area contributed by atoms with E-state index in [0.717, 1.165) is 38.2 Å². The van der Waals surface area contributed by atoms with Gasteiger partial charge in [0.1, 0.15) is 5.75 Å². The van der Waals surface area contributed by atoms with Gasteiger partial charge in [-0.3, -0.25) is 14.4 Å². The number of amides is 1. The first-order valence-corrected chi connectivity index (χ1v) is 9.23. The number of likely N-dealkylation sites (tertiary alicyclic amines) is 1. The molecule has 6 heteroatoms. The zero-order chi connectivity index (χ0) is 18.1. The number of nitrogens with one attached hydrogen (secondary N) is 1. The van der Waals surface area contributed by atoms with Crippen LogP contribution in [-0.4, -0.2) is 46.3 Å². The lowest BCUT2D eigenvalue weighted by Gasteiger charge is -2.42. The van der Waals surface area contributed by atoms with Crippen LogP contribution in [0, 0.1) is 0 Å². The van der Waals surface area contributed by atoms with Crippen molar-refractivity contribution >= 4 is 5.91 Å². The first kappa shape index (κ1) is 17.1. The predicted octanol–water partition coefficient (Wildman–Crippen LogP) is 2.07. The normalized spacial score (nSPS) is 22.5. The summed E-state index contributed by atoms with van der Waals surface area (Å²) in [5.74, 6) is 1.29. The van der Waals surface area contributed by atoms with Crippen LogP contribution in [0.1, 0.15) is 36.3 Å². The summed E-state index contributed by atoms with van der Waals surface area (Å²) in [7, 11) is 3.62. The van der Waals surface area contributed by atoms with Gasteiger partial charge in [-0.1, -0.05) is 12.1 Å². The summed E-state index contributed by atoms with van der Waals surface area (Å²) in [6, 6.07) is 8.27. The minimum absolute atomic E-state index is 0.115. The maximum atomic E-state index is 12.2. The second-order valence-electron chi connectivity index (χ2n) is 7.53. The molecule has 2 aromatic rings. The highest BCUT2D eigenvalue weighted by Crippen LogP contribution is 2.43. The molecule has 138 valence electrons. The molecular weight excluding hydrogens is 328 g/mol. The van der Waals surface area contributed by atoms with Crippen molar-refractivity contribution in [3.05, 3.63) is 47.8 Å². The zero-order valence-corrected chi connectivity index (χ0v) is 15.4. The molecule has 0 bridgehead atoms. The monoisotopic (exact) mass is 354 g/mol. The third kappa shape index (κ3) is 3.21. The van der Waals surface area contributed by atoms with Crippen molar-refractivity contribution in [3.8, 4) is 5.75 Å². The standard InChI is InChI=1S/C20H26N4O2/c1-23-14-16(12-21-23)18-11-19(25)22-20(18)7-9-24(10-8-20)13-15-3-5-17(26-2)6-4-15/h3-6,12,14,18H,7-11,13H2,1-2H3,(H,22,25). The summed E-state index contributed by atoms with van der Waals surface area (Å²) in [6.45, 7) is 2.91. The molecule has 0 saturated carbocycles. The number of carbonyl (C=O) groups is 1. The Balaban J connectivity index is 1.43. The number of methoxy groups -OCH3 is 1. The fraction of sp³-hybridized carbons (Fsp3) is 0.500. The minimum atomic E-state index is -0.115. The first-order chi connectivity index (χ1) is 12.6. The van der Waals surface area contributed by atoms with E-state index < -0.39 is 0 Å². The van der Waals surface area contributed by atoms with Gasteiger partial charge < -0.3 is 10.1 Å². The molecule has 4 rings (SSSR count). The second-order valence-corrected chi connectivity index (χ2v) is 7.53. The quantitative estimate of drug-likeness (QED) is 0.913. The highest BCUT2D eigenvalue weighted by Gasteiger charge is 2.48. The maximum absolute atomic E-state index is 12.2. The maximum Gasteiger partial charge on any atom is 0.221 e. The van der Waals surface area contributed by atoms with E-state index in [1.807, 2.05) is 30.1 Å². The highest BCUT2D eigenvalue weighted by molar-refractivity contribution is 5.81. The topological polar surface area (TPSA) is 59.4 Å². The second kappa shape index (κ2) is 6.76. The van der Waals surface area contributed by atoms with Gasteiger partial charge in [0.25, 0.3) is 0 Å². The van der Waals surface area contributed by atoms with Crippen molar-refractivity contribution in [3.63, 3.8) is 0 Å². The molecule has 1 atom stereocenters. The first-order valence-electron chi connectivity index (χ1n) is 9.23. The molecule has 2 fully saturated rings. The van der Waals surface area contributed by atoms with Gasteiger partial charge in [-0.05, 0) is 36.1 Å². The van der Waals surface area contributed by atoms with Crippen LogP contribution in [0.25, 0.3) is 0 Å². The van der Waals surface area contributed by atoms with Gasteiger partial charge in [0.2, 0.25) is 5.91 Å². The number of benzene rings is 1.